The van der Waals surface area contributed by atoms with Crippen LogP contribution in [0.3, 0.4) is 0 Å². The maximum absolute atomic E-state index is 5.48. The Balaban J connectivity index is 1.95. The van der Waals surface area contributed by atoms with Gasteiger partial charge < -0.3 is 24.7 Å². The van der Waals surface area contributed by atoms with E-state index in [9.17, 15) is 0 Å². The minimum atomic E-state index is 0.465. The van der Waals surface area contributed by atoms with E-state index in [0.717, 1.165) is 5.56 Å². The zero-order valence-corrected chi connectivity index (χ0v) is 11.3. The molecule has 0 aliphatic carbocycles. The third-order valence-electron chi connectivity index (χ3n) is 2.31. The van der Waals surface area contributed by atoms with Gasteiger partial charge in [0.25, 0.3) is 0 Å². The molecule has 0 aliphatic heterocycles. The van der Waals surface area contributed by atoms with E-state index in [2.05, 4.69) is 4.98 Å². The molecule has 0 aliphatic rings. The summed E-state index contributed by atoms with van der Waals surface area (Å²) in [4.78, 5) is 4.12. The molecule has 0 bridgehead atoms. The molecule has 0 saturated carbocycles. The van der Waals surface area contributed by atoms with E-state index in [1.807, 2.05) is 6.07 Å². The van der Waals surface area contributed by atoms with Crippen molar-refractivity contribution in [3.8, 4) is 5.88 Å². The normalized spacial score (nSPS) is 10.6. The van der Waals surface area contributed by atoms with Crippen LogP contribution in [0.25, 0.3) is 0 Å². The predicted octanol–water partition coefficient (Wildman–Crippen LogP) is 0.599. The van der Waals surface area contributed by atoms with Crippen LogP contribution in [-0.4, -0.2) is 51.7 Å². The van der Waals surface area contributed by atoms with Gasteiger partial charge in [-0.05, 0) is 5.56 Å². The SMILES string of the molecule is COCCOCCOCCOc1ccc(CN)cn1. The monoisotopic (exact) mass is 270 g/mol. The van der Waals surface area contributed by atoms with Crippen LogP contribution in [-0.2, 0) is 20.8 Å². The molecule has 6 heteroatoms. The van der Waals surface area contributed by atoms with Gasteiger partial charge in [0.2, 0.25) is 5.88 Å². The Morgan fingerprint density at radius 2 is 1.68 bits per heavy atom. The number of nitrogens with two attached hydrogens (primary N) is 1. The molecule has 2 N–H and O–H groups in total. The number of nitrogens with zero attached hydrogens (tertiary/aromatic N) is 1. The molecule has 0 atom stereocenters. The Morgan fingerprint density at radius 1 is 1.00 bits per heavy atom. The number of rotatable bonds is 11. The average Bonchev–Trinajstić information content (AvgIpc) is 2.46. The first-order valence-electron chi connectivity index (χ1n) is 6.29. The molecule has 19 heavy (non-hydrogen) atoms. The number of aromatic nitrogens is 1. The maximum atomic E-state index is 5.48. The molecule has 0 amide bonds. The number of methoxy groups -OCH3 is 1. The Bertz CT molecular complexity index is 319. The van der Waals surface area contributed by atoms with Gasteiger partial charge in [-0.2, -0.15) is 0 Å². The van der Waals surface area contributed by atoms with Crippen LogP contribution in [0, 0.1) is 0 Å². The predicted molar refractivity (Wildman–Crippen MR) is 71.1 cm³/mol. The van der Waals surface area contributed by atoms with E-state index >= 15 is 0 Å². The third kappa shape index (κ3) is 7.74. The fourth-order valence-electron chi connectivity index (χ4n) is 1.29. The first kappa shape index (κ1) is 15.8. The third-order valence-corrected chi connectivity index (χ3v) is 2.31. The Morgan fingerprint density at radius 3 is 2.26 bits per heavy atom. The minimum Gasteiger partial charge on any atom is -0.475 e. The molecule has 1 aromatic heterocycles. The van der Waals surface area contributed by atoms with Crippen molar-refractivity contribution in [1.29, 1.82) is 0 Å². The minimum absolute atomic E-state index is 0.465. The van der Waals surface area contributed by atoms with Crippen LogP contribution in [0.5, 0.6) is 5.88 Å². The summed E-state index contributed by atoms with van der Waals surface area (Å²) in [5.74, 6) is 0.581. The van der Waals surface area contributed by atoms with Crippen LogP contribution in [0.1, 0.15) is 5.56 Å². The van der Waals surface area contributed by atoms with Gasteiger partial charge in [0, 0.05) is 25.9 Å². The van der Waals surface area contributed by atoms with Gasteiger partial charge in [-0.25, -0.2) is 4.98 Å². The van der Waals surface area contributed by atoms with Gasteiger partial charge in [-0.1, -0.05) is 6.07 Å². The summed E-state index contributed by atoms with van der Waals surface area (Å²) in [5, 5.41) is 0. The molecule has 108 valence electrons. The highest BCUT2D eigenvalue weighted by Crippen LogP contribution is 2.06. The zero-order chi connectivity index (χ0) is 13.8. The van der Waals surface area contributed by atoms with Crippen molar-refractivity contribution in [3.63, 3.8) is 0 Å². The molecule has 0 spiro atoms. The summed E-state index contributed by atoms with van der Waals surface area (Å²) < 4.78 is 20.9. The van der Waals surface area contributed by atoms with E-state index in [0.29, 0.717) is 52.1 Å². The highest BCUT2D eigenvalue weighted by Gasteiger charge is 1.96. The van der Waals surface area contributed by atoms with Gasteiger partial charge in [-0.3, -0.25) is 0 Å². The van der Waals surface area contributed by atoms with Crippen molar-refractivity contribution in [2.24, 2.45) is 5.73 Å². The molecule has 0 saturated heterocycles. The molecule has 1 heterocycles. The van der Waals surface area contributed by atoms with Crippen molar-refractivity contribution in [3.05, 3.63) is 23.9 Å². The second-order valence-electron chi connectivity index (χ2n) is 3.77. The van der Waals surface area contributed by atoms with Crippen LogP contribution in [0.15, 0.2) is 18.3 Å². The van der Waals surface area contributed by atoms with Crippen molar-refractivity contribution in [2.75, 3.05) is 46.8 Å². The molecule has 0 fully saturated rings. The largest absolute Gasteiger partial charge is 0.475 e. The number of pyridine rings is 1. The lowest BCUT2D eigenvalue weighted by atomic mass is 10.3. The fourth-order valence-corrected chi connectivity index (χ4v) is 1.29. The molecule has 1 rings (SSSR count). The van der Waals surface area contributed by atoms with Crippen molar-refractivity contribution < 1.29 is 18.9 Å². The molecule has 0 radical (unpaired) electrons. The Labute approximate surface area is 113 Å². The van der Waals surface area contributed by atoms with Crippen LogP contribution in [0.4, 0.5) is 0 Å². The van der Waals surface area contributed by atoms with E-state index in [-0.39, 0.29) is 0 Å². The van der Waals surface area contributed by atoms with Crippen LogP contribution >= 0.6 is 0 Å². The van der Waals surface area contributed by atoms with Gasteiger partial charge in [0.1, 0.15) is 6.61 Å². The highest BCUT2D eigenvalue weighted by molar-refractivity contribution is 5.17. The lowest BCUT2D eigenvalue weighted by Crippen LogP contribution is -2.12. The second-order valence-corrected chi connectivity index (χ2v) is 3.77. The molecule has 0 unspecified atom stereocenters. The van der Waals surface area contributed by atoms with E-state index in [1.165, 1.54) is 0 Å². The van der Waals surface area contributed by atoms with Crippen LogP contribution in [0.2, 0.25) is 0 Å². The van der Waals surface area contributed by atoms with Crippen molar-refractivity contribution in [2.45, 2.75) is 6.54 Å². The topological polar surface area (TPSA) is 75.8 Å². The van der Waals surface area contributed by atoms with Crippen molar-refractivity contribution in [1.82, 2.24) is 4.98 Å². The van der Waals surface area contributed by atoms with E-state index in [1.54, 1.807) is 19.4 Å². The smallest absolute Gasteiger partial charge is 0.213 e. The standard InChI is InChI=1S/C13H22N2O4/c1-16-4-5-17-6-7-18-8-9-19-13-3-2-12(10-14)11-15-13/h2-3,11H,4-10,14H2,1H3. The summed E-state index contributed by atoms with van der Waals surface area (Å²) >= 11 is 0. The lowest BCUT2D eigenvalue weighted by Gasteiger charge is -2.07. The quantitative estimate of drug-likeness (QED) is 0.593. The maximum Gasteiger partial charge on any atom is 0.213 e. The first-order valence-corrected chi connectivity index (χ1v) is 6.29. The molecular weight excluding hydrogens is 248 g/mol. The lowest BCUT2D eigenvalue weighted by molar-refractivity contribution is 0.0176. The number of hydrogen-bond donors (Lipinski definition) is 1. The van der Waals surface area contributed by atoms with Crippen LogP contribution < -0.4 is 10.5 Å². The summed E-state index contributed by atoms with van der Waals surface area (Å²) in [6.07, 6.45) is 1.71. The molecule has 6 nitrogen and oxygen atoms in total. The Hall–Kier alpha value is -1.21. The van der Waals surface area contributed by atoms with Gasteiger partial charge >= 0.3 is 0 Å². The zero-order valence-electron chi connectivity index (χ0n) is 11.3. The van der Waals surface area contributed by atoms with Gasteiger partial charge in [-0.15, -0.1) is 0 Å². The number of hydrogen-bond acceptors (Lipinski definition) is 6. The summed E-state index contributed by atoms with van der Waals surface area (Å²) in [5.41, 5.74) is 6.46. The fraction of sp³-hybridized carbons (Fsp3) is 0.615. The number of ether oxygens (including phenoxy) is 4. The first-order chi connectivity index (χ1) is 9.36. The van der Waals surface area contributed by atoms with Gasteiger partial charge in [0.05, 0.1) is 33.0 Å². The average molecular weight is 270 g/mol. The molecule has 1 aromatic rings. The molecule has 0 aromatic carbocycles. The van der Waals surface area contributed by atoms with E-state index < -0.39 is 0 Å². The van der Waals surface area contributed by atoms with Crippen molar-refractivity contribution >= 4 is 0 Å². The Kier molecular flexibility index (Phi) is 8.91. The van der Waals surface area contributed by atoms with Gasteiger partial charge in [0.15, 0.2) is 0 Å². The summed E-state index contributed by atoms with van der Waals surface area (Å²) in [7, 11) is 1.64. The summed E-state index contributed by atoms with van der Waals surface area (Å²) in [6.45, 7) is 3.77. The highest BCUT2D eigenvalue weighted by atomic mass is 16.6. The second kappa shape index (κ2) is 10.7. The molecular formula is C13H22N2O4. The van der Waals surface area contributed by atoms with E-state index in [4.69, 9.17) is 24.7 Å². The summed E-state index contributed by atoms with van der Waals surface area (Å²) in [6, 6.07) is 3.70.